The number of anilines is 1. The molecule has 0 saturated heterocycles. The van der Waals surface area contributed by atoms with E-state index in [2.05, 4.69) is 5.32 Å². The molecule has 0 aromatic heterocycles. The number of benzene rings is 2. The van der Waals surface area contributed by atoms with Gasteiger partial charge in [-0.2, -0.15) is 0 Å². The van der Waals surface area contributed by atoms with Crippen LogP contribution >= 0.6 is 0 Å². The van der Waals surface area contributed by atoms with Crippen LogP contribution in [-0.4, -0.2) is 12.7 Å². The molecule has 0 spiro atoms. The summed E-state index contributed by atoms with van der Waals surface area (Å²) in [6.07, 6.45) is -0.483. The van der Waals surface area contributed by atoms with Crippen molar-refractivity contribution >= 4 is 11.8 Å². The molecule has 4 nitrogen and oxygen atoms in total. The van der Waals surface area contributed by atoms with Gasteiger partial charge in [0, 0.05) is 0 Å². The summed E-state index contributed by atoms with van der Waals surface area (Å²) in [5, 5.41) is 2.66. The van der Waals surface area contributed by atoms with Gasteiger partial charge >= 0.3 is 6.09 Å². The van der Waals surface area contributed by atoms with Crippen LogP contribution in [0.2, 0.25) is 0 Å². The largest absolute Gasteiger partial charge is 0.487 e. The van der Waals surface area contributed by atoms with Crippen molar-refractivity contribution < 1.29 is 14.3 Å². The normalized spacial score (nSPS) is 9.85. The van der Waals surface area contributed by atoms with Crippen molar-refractivity contribution in [3.8, 4) is 5.75 Å². The first-order valence-electron chi connectivity index (χ1n) is 6.49. The predicted octanol–water partition coefficient (Wildman–Crippen LogP) is 3.83. The molecule has 0 unspecified atom stereocenters. The van der Waals surface area contributed by atoms with E-state index in [9.17, 15) is 4.79 Å². The summed E-state index contributed by atoms with van der Waals surface area (Å²) < 4.78 is 10.6. The second kappa shape index (κ2) is 7.19. The Morgan fingerprint density at radius 2 is 1.75 bits per heavy atom. The molecule has 0 radical (unpaired) electrons. The third-order valence-corrected chi connectivity index (χ3v) is 2.64. The molecular weight excluding hydrogens is 254 g/mol. The first kappa shape index (κ1) is 13.9. The zero-order valence-electron chi connectivity index (χ0n) is 11.3. The number of ether oxygens (including phenoxy) is 2. The van der Waals surface area contributed by atoms with Crippen LogP contribution in [0.1, 0.15) is 12.5 Å². The molecule has 104 valence electrons. The molecule has 20 heavy (non-hydrogen) atoms. The smallest absolute Gasteiger partial charge is 0.411 e. The van der Waals surface area contributed by atoms with Crippen molar-refractivity contribution in [1.29, 1.82) is 0 Å². The molecule has 0 atom stereocenters. The molecule has 1 amide bonds. The quantitative estimate of drug-likeness (QED) is 0.899. The maximum atomic E-state index is 11.5. The van der Waals surface area contributed by atoms with Gasteiger partial charge in [-0.1, -0.05) is 42.5 Å². The lowest BCUT2D eigenvalue weighted by Gasteiger charge is -2.12. The molecule has 0 saturated carbocycles. The van der Waals surface area contributed by atoms with Crippen molar-refractivity contribution in [2.45, 2.75) is 13.5 Å². The van der Waals surface area contributed by atoms with E-state index in [1.807, 2.05) is 48.5 Å². The molecule has 4 heteroatoms. The highest BCUT2D eigenvalue weighted by Gasteiger charge is 2.07. The lowest BCUT2D eigenvalue weighted by molar-refractivity contribution is 0.167. The number of carbonyl (C=O) groups excluding carboxylic acids is 1. The molecule has 0 heterocycles. The summed E-state index contributed by atoms with van der Waals surface area (Å²) in [4.78, 5) is 11.5. The van der Waals surface area contributed by atoms with Gasteiger partial charge in [-0.25, -0.2) is 4.79 Å². The number of amides is 1. The number of carbonyl (C=O) groups is 1. The van der Waals surface area contributed by atoms with E-state index in [1.165, 1.54) is 0 Å². The fourth-order valence-electron chi connectivity index (χ4n) is 1.71. The fourth-order valence-corrected chi connectivity index (χ4v) is 1.71. The van der Waals surface area contributed by atoms with E-state index >= 15 is 0 Å². The molecule has 2 rings (SSSR count). The van der Waals surface area contributed by atoms with Gasteiger partial charge in [-0.3, -0.25) is 5.32 Å². The van der Waals surface area contributed by atoms with Gasteiger partial charge in [0.25, 0.3) is 0 Å². The van der Waals surface area contributed by atoms with E-state index in [4.69, 9.17) is 9.47 Å². The summed E-state index contributed by atoms with van der Waals surface area (Å²) in [7, 11) is 0. The highest BCUT2D eigenvalue weighted by molar-refractivity contribution is 5.86. The van der Waals surface area contributed by atoms with Crippen molar-refractivity contribution in [2.24, 2.45) is 0 Å². The van der Waals surface area contributed by atoms with Gasteiger partial charge in [-0.15, -0.1) is 0 Å². The van der Waals surface area contributed by atoms with Gasteiger partial charge in [0.05, 0.1) is 12.3 Å². The predicted molar refractivity (Wildman–Crippen MR) is 77.9 cm³/mol. The maximum Gasteiger partial charge on any atom is 0.411 e. The second-order valence-corrected chi connectivity index (χ2v) is 4.12. The maximum absolute atomic E-state index is 11.5. The van der Waals surface area contributed by atoms with Crippen LogP contribution in [0.5, 0.6) is 5.75 Å². The summed E-state index contributed by atoms with van der Waals surface area (Å²) >= 11 is 0. The van der Waals surface area contributed by atoms with Gasteiger partial charge < -0.3 is 9.47 Å². The Kier molecular flexibility index (Phi) is 5.00. The van der Waals surface area contributed by atoms with Gasteiger partial charge in [-0.05, 0) is 24.6 Å². The lowest BCUT2D eigenvalue weighted by atomic mass is 10.2. The average Bonchev–Trinajstić information content (AvgIpc) is 2.48. The van der Waals surface area contributed by atoms with Gasteiger partial charge in [0.2, 0.25) is 0 Å². The zero-order chi connectivity index (χ0) is 14.2. The molecule has 1 N–H and O–H groups in total. The van der Waals surface area contributed by atoms with Gasteiger partial charge in [0.1, 0.15) is 12.4 Å². The molecule has 2 aromatic carbocycles. The Hall–Kier alpha value is -2.49. The standard InChI is InChI=1S/C16H17NO3/c1-2-19-16(18)17-14-10-6-7-11-15(14)20-12-13-8-4-3-5-9-13/h3-11H,2,12H2,1H3,(H,17,18). The summed E-state index contributed by atoms with van der Waals surface area (Å²) in [6.45, 7) is 2.54. The van der Waals surface area contributed by atoms with Crippen LogP contribution in [0, 0.1) is 0 Å². The zero-order valence-corrected chi connectivity index (χ0v) is 11.3. The summed E-state index contributed by atoms with van der Waals surface area (Å²) in [5.74, 6) is 0.615. The summed E-state index contributed by atoms with van der Waals surface area (Å²) in [5.41, 5.74) is 1.67. The third kappa shape index (κ3) is 4.02. The van der Waals surface area contributed by atoms with Crippen molar-refractivity contribution in [3.05, 3.63) is 60.2 Å². The number of para-hydroxylation sites is 2. The minimum atomic E-state index is -0.483. The molecule has 0 aliphatic heterocycles. The van der Waals surface area contributed by atoms with Crippen LogP contribution in [0.15, 0.2) is 54.6 Å². The number of hydrogen-bond acceptors (Lipinski definition) is 3. The van der Waals surface area contributed by atoms with Crippen molar-refractivity contribution in [1.82, 2.24) is 0 Å². The average molecular weight is 271 g/mol. The van der Waals surface area contributed by atoms with Crippen LogP contribution in [0.25, 0.3) is 0 Å². The highest BCUT2D eigenvalue weighted by atomic mass is 16.5. The van der Waals surface area contributed by atoms with Crippen molar-refractivity contribution in [3.63, 3.8) is 0 Å². The van der Waals surface area contributed by atoms with E-state index < -0.39 is 6.09 Å². The minimum Gasteiger partial charge on any atom is -0.487 e. The topological polar surface area (TPSA) is 47.6 Å². The SMILES string of the molecule is CCOC(=O)Nc1ccccc1OCc1ccccc1. The minimum absolute atomic E-state index is 0.332. The number of rotatable bonds is 5. The Morgan fingerprint density at radius 3 is 2.50 bits per heavy atom. The van der Waals surface area contributed by atoms with Gasteiger partial charge in [0.15, 0.2) is 0 Å². The number of hydrogen-bond donors (Lipinski definition) is 1. The van der Waals surface area contributed by atoms with E-state index in [1.54, 1.807) is 13.0 Å². The van der Waals surface area contributed by atoms with Crippen LogP contribution in [0.4, 0.5) is 10.5 Å². The Labute approximate surface area is 118 Å². The Balaban J connectivity index is 2.02. The molecule has 2 aromatic rings. The lowest BCUT2D eigenvalue weighted by Crippen LogP contribution is -2.14. The monoisotopic (exact) mass is 271 g/mol. The first-order valence-corrected chi connectivity index (χ1v) is 6.49. The Bertz CT molecular complexity index is 555. The van der Waals surface area contributed by atoms with E-state index in [0.717, 1.165) is 5.56 Å². The molecule has 0 bridgehead atoms. The molecular formula is C16H17NO3. The Morgan fingerprint density at radius 1 is 1.05 bits per heavy atom. The van der Waals surface area contributed by atoms with Crippen LogP contribution in [-0.2, 0) is 11.3 Å². The van der Waals surface area contributed by atoms with Crippen molar-refractivity contribution in [2.75, 3.05) is 11.9 Å². The highest BCUT2D eigenvalue weighted by Crippen LogP contribution is 2.24. The number of nitrogens with one attached hydrogen (secondary N) is 1. The van der Waals surface area contributed by atoms with E-state index in [0.29, 0.717) is 24.7 Å². The summed E-state index contributed by atoms with van der Waals surface area (Å²) in [6, 6.07) is 17.1. The van der Waals surface area contributed by atoms with E-state index in [-0.39, 0.29) is 0 Å². The molecule has 0 aliphatic rings. The molecule has 0 aliphatic carbocycles. The molecule has 0 fully saturated rings. The second-order valence-electron chi connectivity index (χ2n) is 4.12. The van der Waals surface area contributed by atoms with Crippen LogP contribution in [0.3, 0.4) is 0 Å². The fraction of sp³-hybridized carbons (Fsp3) is 0.188. The first-order chi connectivity index (χ1) is 9.79. The van der Waals surface area contributed by atoms with Crippen LogP contribution < -0.4 is 10.1 Å². The third-order valence-electron chi connectivity index (χ3n) is 2.64.